The van der Waals surface area contributed by atoms with Crippen LogP contribution in [0.2, 0.25) is 0 Å². The maximum absolute atomic E-state index is 4.66. The van der Waals surface area contributed by atoms with Gasteiger partial charge in [0.05, 0.1) is 22.9 Å². The normalized spacial score (nSPS) is 23.1. The van der Waals surface area contributed by atoms with Gasteiger partial charge in [0.15, 0.2) is 0 Å². The fourth-order valence-corrected chi connectivity index (χ4v) is 3.58. The highest BCUT2D eigenvalue weighted by Crippen LogP contribution is 2.26. The molecule has 0 unspecified atom stereocenters. The van der Waals surface area contributed by atoms with Gasteiger partial charge in [0.2, 0.25) is 0 Å². The lowest BCUT2D eigenvalue weighted by atomic mass is 9.95. The second-order valence-corrected chi connectivity index (χ2v) is 6.58. The first-order valence-corrected chi connectivity index (χ1v) is 8.61. The maximum Gasteiger partial charge on any atom is 0.0890 e. The molecule has 1 fully saturated rings. The number of hydrogen-bond donors (Lipinski definition) is 1. The van der Waals surface area contributed by atoms with Crippen molar-refractivity contribution >= 4 is 22.8 Å². The molecule has 0 amide bonds. The Labute approximate surface area is 124 Å². The lowest BCUT2D eigenvalue weighted by Gasteiger charge is -2.28. The van der Waals surface area contributed by atoms with Crippen LogP contribution in [0.15, 0.2) is 30.5 Å². The lowest BCUT2D eigenvalue weighted by Crippen LogP contribution is -2.33. The number of nitrogens with one attached hydrogen (secondary N) is 1. The molecular weight excluding hydrogens is 266 g/mol. The van der Waals surface area contributed by atoms with Crippen LogP contribution in [-0.2, 0) is 6.54 Å². The molecule has 2 aromatic rings. The zero-order chi connectivity index (χ0) is 13.8. The Morgan fingerprint density at radius 2 is 1.90 bits per heavy atom. The smallest absolute Gasteiger partial charge is 0.0890 e. The third-order valence-corrected chi connectivity index (χ3v) is 5.22. The van der Waals surface area contributed by atoms with Crippen molar-refractivity contribution < 1.29 is 0 Å². The summed E-state index contributed by atoms with van der Waals surface area (Å²) in [6.07, 6.45) is 9.36. The number of rotatable bonds is 4. The average molecular weight is 287 g/mol. The van der Waals surface area contributed by atoms with Crippen LogP contribution in [0.1, 0.15) is 31.4 Å². The van der Waals surface area contributed by atoms with E-state index in [1.807, 2.05) is 42.2 Å². The minimum Gasteiger partial charge on any atom is -0.308 e. The average Bonchev–Trinajstić information content (AvgIpc) is 2.53. The highest BCUT2D eigenvalue weighted by molar-refractivity contribution is 7.99. The van der Waals surface area contributed by atoms with Crippen molar-refractivity contribution in [2.45, 2.75) is 43.5 Å². The van der Waals surface area contributed by atoms with Gasteiger partial charge in [0.25, 0.3) is 0 Å². The molecule has 1 aromatic carbocycles. The van der Waals surface area contributed by atoms with Crippen molar-refractivity contribution in [2.75, 3.05) is 6.26 Å². The molecule has 0 radical (unpaired) electrons. The van der Waals surface area contributed by atoms with Crippen LogP contribution in [-0.4, -0.2) is 27.5 Å². The van der Waals surface area contributed by atoms with Crippen LogP contribution in [0.3, 0.4) is 0 Å². The van der Waals surface area contributed by atoms with E-state index in [0.717, 1.165) is 28.5 Å². The van der Waals surface area contributed by atoms with E-state index in [2.05, 4.69) is 21.5 Å². The molecule has 106 valence electrons. The minimum absolute atomic E-state index is 0.645. The van der Waals surface area contributed by atoms with Crippen molar-refractivity contribution in [2.24, 2.45) is 0 Å². The predicted octanol–water partition coefficient (Wildman–Crippen LogP) is 3.39. The van der Waals surface area contributed by atoms with Gasteiger partial charge in [-0.3, -0.25) is 4.98 Å². The van der Waals surface area contributed by atoms with Crippen LogP contribution in [0.25, 0.3) is 11.0 Å². The number of para-hydroxylation sites is 2. The van der Waals surface area contributed by atoms with E-state index in [0.29, 0.717) is 6.04 Å². The molecule has 1 heterocycles. The number of thioether (sulfide) groups is 1. The Morgan fingerprint density at radius 1 is 1.15 bits per heavy atom. The van der Waals surface area contributed by atoms with Gasteiger partial charge in [-0.05, 0) is 44.1 Å². The Balaban J connectivity index is 1.57. The molecular formula is C16H21N3S. The highest BCUT2D eigenvalue weighted by atomic mass is 32.2. The van der Waals surface area contributed by atoms with E-state index in [-0.39, 0.29) is 0 Å². The molecule has 0 atom stereocenters. The summed E-state index contributed by atoms with van der Waals surface area (Å²) in [4.78, 5) is 9.13. The lowest BCUT2D eigenvalue weighted by molar-refractivity contribution is 0.377. The molecule has 0 bridgehead atoms. The second-order valence-electron chi connectivity index (χ2n) is 5.44. The van der Waals surface area contributed by atoms with Gasteiger partial charge in [-0.15, -0.1) is 0 Å². The van der Waals surface area contributed by atoms with Crippen molar-refractivity contribution in [3.63, 3.8) is 0 Å². The Bertz CT molecular complexity index is 564. The molecule has 0 saturated heterocycles. The van der Waals surface area contributed by atoms with E-state index in [9.17, 15) is 0 Å². The summed E-state index contributed by atoms with van der Waals surface area (Å²) in [5.41, 5.74) is 2.99. The first-order chi connectivity index (χ1) is 9.85. The van der Waals surface area contributed by atoms with E-state index in [1.54, 1.807) is 0 Å². The molecule has 1 N–H and O–H groups in total. The fourth-order valence-electron chi connectivity index (χ4n) is 2.83. The summed E-state index contributed by atoms with van der Waals surface area (Å²) < 4.78 is 0. The number of nitrogens with zero attached hydrogens (tertiary/aromatic N) is 2. The first-order valence-electron chi connectivity index (χ1n) is 7.32. The quantitative estimate of drug-likeness (QED) is 0.935. The van der Waals surface area contributed by atoms with E-state index in [1.165, 1.54) is 25.7 Å². The van der Waals surface area contributed by atoms with Crippen molar-refractivity contribution in [3.8, 4) is 0 Å². The van der Waals surface area contributed by atoms with Gasteiger partial charge >= 0.3 is 0 Å². The fraction of sp³-hybridized carbons (Fsp3) is 0.500. The second kappa shape index (κ2) is 6.55. The van der Waals surface area contributed by atoms with Crippen LogP contribution in [0.5, 0.6) is 0 Å². The van der Waals surface area contributed by atoms with Gasteiger partial charge in [-0.1, -0.05) is 12.1 Å². The van der Waals surface area contributed by atoms with Gasteiger partial charge in [-0.25, -0.2) is 4.98 Å². The summed E-state index contributed by atoms with van der Waals surface area (Å²) in [5.74, 6) is 0. The van der Waals surface area contributed by atoms with Crippen LogP contribution in [0.4, 0.5) is 0 Å². The molecule has 3 rings (SSSR count). The molecule has 1 aromatic heterocycles. The summed E-state index contributed by atoms with van der Waals surface area (Å²) in [6.45, 7) is 0.826. The van der Waals surface area contributed by atoms with Crippen LogP contribution < -0.4 is 5.32 Å². The van der Waals surface area contributed by atoms with Gasteiger partial charge < -0.3 is 5.32 Å². The van der Waals surface area contributed by atoms with Crippen molar-refractivity contribution in [1.82, 2.24) is 15.3 Å². The van der Waals surface area contributed by atoms with Crippen LogP contribution in [0, 0.1) is 0 Å². The van der Waals surface area contributed by atoms with Crippen molar-refractivity contribution in [1.29, 1.82) is 0 Å². The molecule has 1 aliphatic carbocycles. The zero-order valence-electron chi connectivity index (χ0n) is 11.9. The number of fused-ring (bicyclic) bond motifs is 1. The topological polar surface area (TPSA) is 37.8 Å². The summed E-state index contributed by atoms with van der Waals surface area (Å²) in [7, 11) is 0. The maximum atomic E-state index is 4.66. The summed E-state index contributed by atoms with van der Waals surface area (Å²) in [5, 5.41) is 4.50. The Kier molecular flexibility index (Phi) is 4.53. The van der Waals surface area contributed by atoms with Gasteiger partial charge in [0.1, 0.15) is 0 Å². The highest BCUT2D eigenvalue weighted by Gasteiger charge is 2.19. The number of aromatic nitrogens is 2. The van der Waals surface area contributed by atoms with Gasteiger partial charge in [-0.2, -0.15) is 11.8 Å². The molecule has 20 heavy (non-hydrogen) atoms. The largest absolute Gasteiger partial charge is 0.308 e. The Hall–Kier alpha value is -1.13. The molecule has 3 nitrogen and oxygen atoms in total. The van der Waals surface area contributed by atoms with Crippen LogP contribution >= 0.6 is 11.8 Å². The van der Waals surface area contributed by atoms with E-state index >= 15 is 0 Å². The van der Waals surface area contributed by atoms with E-state index < -0.39 is 0 Å². The monoisotopic (exact) mass is 287 g/mol. The molecule has 4 heteroatoms. The minimum atomic E-state index is 0.645. The number of benzene rings is 1. The predicted molar refractivity (Wildman–Crippen MR) is 85.9 cm³/mol. The van der Waals surface area contributed by atoms with E-state index in [4.69, 9.17) is 0 Å². The number of hydrogen-bond acceptors (Lipinski definition) is 4. The molecule has 1 aliphatic rings. The molecule has 1 saturated carbocycles. The van der Waals surface area contributed by atoms with Crippen molar-refractivity contribution in [3.05, 3.63) is 36.2 Å². The summed E-state index contributed by atoms with van der Waals surface area (Å²) in [6, 6.07) is 8.68. The zero-order valence-corrected chi connectivity index (χ0v) is 12.7. The first kappa shape index (κ1) is 13.8. The summed E-state index contributed by atoms with van der Waals surface area (Å²) >= 11 is 2.01. The molecule has 0 spiro atoms. The molecule has 0 aliphatic heterocycles. The van der Waals surface area contributed by atoms with Gasteiger partial charge in [0, 0.05) is 17.8 Å². The standard InChI is InChI=1S/C16H21N3S/c1-20-14-8-6-12(7-9-14)17-10-13-11-18-15-4-2-3-5-16(15)19-13/h2-5,11-12,14,17H,6-10H2,1H3. The SMILES string of the molecule is CSC1CCC(NCc2cnc3ccccc3n2)CC1. The Morgan fingerprint density at radius 3 is 2.65 bits per heavy atom. The third kappa shape index (κ3) is 3.30. The third-order valence-electron chi connectivity index (χ3n) is 4.08.